The molecule has 0 aliphatic heterocycles. The first-order chi connectivity index (χ1) is 8.58. The number of phenols is 1. The fraction of sp³-hybridized carbons (Fsp3) is 0.267. The summed E-state index contributed by atoms with van der Waals surface area (Å²) in [6.07, 6.45) is 1.86. The van der Waals surface area contributed by atoms with Gasteiger partial charge in [-0.2, -0.15) is 0 Å². The van der Waals surface area contributed by atoms with Gasteiger partial charge in [-0.15, -0.1) is 0 Å². The summed E-state index contributed by atoms with van der Waals surface area (Å²) in [5.74, 6) is 0.358. The lowest BCUT2D eigenvalue weighted by atomic mass is 10.1. The number of nitrogens with one attached hydrogen (secondary N) is 1. The van der Waals surface area contributed by atoms with Gasteiger partial charge in [0.15, 0.2) is 0 Å². The molecule has 1 aromatic heterocycles. The maximum absolute atomic E-state index is 9.87. The molecule has 0 atom stereocenters. The summed E-state index contributed by atoms with van der Waals surface area (Å²) in [5, 5.41) is 13.2. The molecule has 0 spiro atoms. The van der Waals surface area contributed by atoms with E-state index in [4.69, 9.17) is 0 Å². The summed E-state index contributed by atoms with van der Waals surface area (Å²) in [6.45, 7) is 6.48. The quantitative estimate of drug-likeness (QED) is 0.867. The largest absolute Gasteiger partial charge is 0.507 e. The average molecular weight is 242 g/mol. The van der Waals surface area contributed by atoms with E-state index in [1.54, 1.807) is 0 Å². The van der Waals surface area contributed by atoms with Crippen LogP contribution in [0, 0.1) is 20.8 Å². The molecule has 1 heterocycles. The Morgan fingerprint density at radius 2 is 1.89 bits per heavy atom. The molecule has 0 saturated carbocycles. The van der Waals surface area contributed by atoms with Crippen molar-refractivity contribution in [3.63, 3.8) is 0 Å². The van der Waals surface area contributed by atoms with E-state index in [2.05, 4.69) is 10.3 Å². The van der Waals surface area contributed by atoms with Crippen molar-refractivity contribution in [2.75, 3.05) is 5.32 Å². The molecule has 0 aliphatic rings. The van der Waals surface area contributed by atoms with Gasteiger partial charge in [-0.1, -0.05) is 12.1 Å². The third-order valence-electron chi connectivity index (χ3n) is 3.07. The minimum Gasteiger partial charge on any atom is -0.507 e. The topological polar surface area (TPSA) is 45.1 Å². The zero-order chi connectivity index (χ0) is 13.1. The first-order valence-corrected chi connectivity index (χ1v) is 6.02. The Balaban J connectivity index is 2.11. The van der Waals surface area contributed by atoms with Crippen molar-refractivity contribution in [2.45, 2.75) is 27.3 Å². The van der Waals surface area contributed by atoms with E-state index in [1.807, 2.05) is 51.2 Å². The van der Waals surface area contributed by atoms with Crippen molar-refractivity contribution in [1.29, 1.82) is 0 Å². The second kappa shape index (κ2) is 5.08. The lowest BCUT2D eigenvalue weighted by Crippen LogP contribution is -2.03. The van der Waals surface area contributed by atoms with Crippen molar-refractivity contribution in [3.8, 4) is 5.75 Å². The number of aryl methyl sites for hydroxylation is 2. The minimum absolute atomic E-state index is 0.358. The van der Waals surface area contributed by atoms with E-state index in [0.717, 1.165) is 28.1 Å². The van der Waals surface area contributed by atoms with Gasteiger partial charge in [0, 0.05) is 17.4 Å². The molecule has 18 heavy (non-hydrogen) atoms. The Kier molecular flexibility index (Phi) is 3.51. The summed E-state index contributed by atoms with van der Waals surface area (Å²) in [6, 6.07) is 7.95. The second-order valence-electron chi connectivity index (χ2n) is 4.58. The van der Waals surface area contributed by atoms with Crippen LogP contribution in [-0.4, -0.2) is 10.1 Å². The molecule has 2 N–H and O–H groups in total. The van der Waals surface area contributed by atoms with Gasteiger partial charge in [0.1, 0.15) is 5.75 Å². The van der Waals surface area contributed by atoms with Crippen LogP contribution < -0.4 is 5.32 Å². The fourth-order valence-electron chi connectivity index (χ4n) is 1.82. The summed E-state index contributed by atoms with van der Waals surface area (Å²) < 4.78 is 0. The van der Waals surface area contributed by atoms with Crippen molar-refractivity contribution < 1.29 is 5.11 Å². The number of benzene rings is 1. The van der Waals surface area contributed by atoms with Crippen LogP contribution in [0.1, 0.15) is 22.4 Å². The Labute approximate surface area is 108 Å². The molecule has 2 aromatic rings. The molecule has 0 aliphatic carbocycles. The van der Waals surface area contributed by atoms with Crippen LogP contribution in [0.15, 0.2) is 30.5 Å². The lowest BCUT2D eigenvalue weighted by Gasteiger charge is -2.12. The normalized spacial score (nSPS) is 10.4. The van der Waals surface area contributed by atoms with E-state index in [0.29, 0.717) is 12.3 Å². The standard InChI is InChI=1S/C15H18N2O/c1-10-4-6-13(16-8-10)9-17-14-7-5-11(2)15(18)12(14)3/h4-8,17-18H,9H2,1-3H3. The summed E-state index contributed by atoms with van der Waals surface area (Å²) in [5.41, 5.74) is 4.86. The Bertz CT molecular complexity index is 547. The predicted molar refractivity (Wildman–Crippen MR) is 73.9 cm³/mol. The summed E-state index contributed by atoms with van der Waals surface area (Å²) in [7, 11) is 0. The van der Waals surface area contributed by atoms with E-state index >= 15 is 0 Å². The predicted octanol–water partition coefficient (Wildman–Crippen LogP) is 3.32. The Hall–Kier alpha value is -2.03. The fourth-order valence-corrected chi connectivity index (χ4v) is 1.82. The van der Waals surface area contributed by atoms with Gasteiger partial charge >= 0.3 is 0 Å². The molecule has 0 radical (unpaired) electrons. The lowest BCUT2D eigenvalue weighted by molar-refractivity contribution is 0.467. The van der Waals surface area contributed by atoms with Gasteiger partial charge in [-0.25, -0.2) is 0 Å². The van der Waals surface area contributed by atoms with Gasteiger partial charge in [0.25, 0.3) is 0 Å². The van der Waals surface area contributed by atoms with Crippen molar-refractivity contribution in [3.05, 3.63) is 52.8 Å². The van der Waals surface area contributed by atoms with Gasteiger partial charge in [-0.3, -0.25) is 4.98 Å². The van der Waals surface area contributed by atoms with Crippen LogP contribution in [0.3, 0.4) is 0 Å². The first kappa shape index (κ1) is 12.4. The van der Waals surface area contributed by atoms with Crippen LogP contribution in [-0.2, 0) is 6.54 Å². The van der Waals surface area contributed by atoms with E-state index < -0.39 is 0 Å². The maximum Gasteiger partial charge on any atom is 0.123 e. The highest BCUT2D eigenvalue weighted by molar-refractivity contribution is 5.59. The molecule has 0 amide bonds. The number of hydrogen-bond acceptors (Lipinski definition) is 3. The second-order valence-corrected chi connectivity index (χ2v) is 4.58. The van der Waals surface area contributed by atoms with Crippen LogP contribution >= 0.6 is 0 Å². The number of pyridine rings is 1. The van der Waals surface area contributed by atoms with Crippen LogP contribution in [0.2, 0.25) is 0 Å². The number of aromatic hydroxyl groups is 1. The number of anilines is 1. The third-order valence-corrected chi connectivity index (χ3v) is 3.07. The summed E-state index contributed by atoms with van der Waals surface area (Å²) >= 11 is 0. The van der Waals surface area contributed by atoms with Crippen molar-refractivity contribution in [1.82, 2.24) is 4.98 Å². The number of aromatic nitrogens is 1. The van der Waals surface area contributed by atoms with Gasteiger partial charge in [0.05, 0.1) is 12.2 Å². The monoisotopic (exact) mass is 242 g/mol. The highest BCUT2D eigenvalue weighted by Gasteiger charge is 2.05. The van der Waals surface area contributed by atoms with Gasteiger partial charge in [-0.05, 0) is 44.0 Å². The Morgan fingerprint density at radius 1 is 1.11 bits per heavy atom. The number of hydrogen-bond donors (Lipinski definition) is 2. The van der Waals surface area contributed by atoms with Gasteiger partial charge < -0.3 is 10.4 Å². The molecule has 94 valence electrons. The minimum atomic E-state index is 0.358. The van der Waals surface area contributed by atoms with E-state index in [9.17, 15) is 5.11 Å². The molecule has 0 unspecified atom stereocenters. The molecular weight excluding hydrogens is 224 g/mol. The van der Waals surface area contributed by atoms with Crippen molar-refractivity contribution in [2.24, 2.45) is 0 Å². The molecule has 0 bridgehead atoms. The number of rotatable bonds is 3. The summed E-state index contributed by atoms with van der Waals surface area (Å²) in [4.78, 5) is 4.34. The molecular formula is C15H18N2O. The smallest absolute Gasteiger partial charge is 0.123 e. The maximum atomic E-state index is 9.87. The van der Waals surface area contributed by atoms with Crippen LogP contribution in [0.25, 0.3) is 0 Å². The van der Waals surface area contributed by atoms with Gasteiger partial charge in [0.2, 0.25) is 0 Å². The first-order valence-electron chi connectivity index (χ1n) is 6.02. The SMILES string of the molecule is Cc1ccc(CNc2ccc(C)c(O)c2C)nc1. The van der Waals surface area contributed by atoms with E-state index in [1.165, 1.54) is 0 Å². The molecule has 3 heteroatoms. The van der Waals surface area contributed by atoms with Crippen molar-refractivity contribution >= 4 is 5.69 Å². The molecule has 0 fully saturated rings. The van der Waals surface area contributed by atoms with Crippen LogP contribution in [0.4, 0.5) is 5.69 Å². The zero-order valence-corrected chi connectivity index (χ0v) is 11.0. The van der Waals surface area contributed by atoms with E-state index in [-0.39, 0.29) is 0 Å². The van der Waals surface area contributed by atoms with Crippen LogP contribution in [0.5, 0.6) is 5.75 Å². The molecule has 1 aromatic carbocycles. The molecule has 2 rings (SSSR count). The number of phenolic OH excluding ortho intramolecular Hbond substituents is 1. The highest BCUT2D eigenvalue weighted by Crippen LogP contribution is 2.28. The number of nitrogens with zero attached hydrogens (tertiary/aromatic N) is 1. The average Bonchev–Trinajstić information content (AvgIpc) is 2.37. The Morgan fingerprint density at radius 3 is 2.56 bits per heavy atom. The molecule has 0 saturated heterocycles. The third kappa shape index (κ3) is 2.62. The molecule has 3 nitrogen and oxygen atoms in total. The highest BCUT2D eigenvalue weighted by atomic mass is 16.3. The zero-order valence-electron chi connectivity index (χ0n) is 11.0.